The SMILES string of the molecule is CCCCOCCCC(C#N)(CC)NC. The number of rotatable bonds is 9. The molecule has 0 bridgehead atoms. The third kappa shape index (κ3) is 5.76. The number of hydrogen-bond acceptors (Lipinski definition) is 3. The van der Waals surface area contributed by atoms with Gasteiger partial charge in [0.1, 0.15) is 5.54 Å². The fraction of sp³-hybridized carbons (Fsp3) is 0.917. The Kier molecular flexibility index (Phi) is 8.35. The maximum absolute atomic E-state index is 9.06. The minimum atomic E-state index is -0.353. The van der Waals surface area contributed by atoms with E-state index >= 15 is 0 Å². The molecule has 0 aliphatic rings. The molecule has 0 fully saturated rings. The Morgan fingerprint density at radius 2 is 1.93 bits per heavy atom. The van der Waals surface area contributed by atoms with Gasteiger partial charge in [0.05, 0.1) is 6.07 Å². The van der Waals surface area contributed by atoms with Gasteiger partial charge in [-0.25, -0.2) is 0 Å². The summed E-state index contributed by atoms with van der Waals surface area (Å²) in [6.07, 6.45) is 4.96. The van der Waals surface area contributed by atoms with Crippen LogP contribution in [0.5, 0.6) is 0 Å². The number of ether oxygens (including phenoxy) is 1. The number of nitrogens with zero attached hydrogens (tertiary/aromatic N) is 1. The summed E-state index contributed by atoms with van der Waals surface area (Å²) in [5.74, 6) is 0. The lowest BCUT2D eigenvalue weighted by molar-refractivity contribution is 0.123. The molecule has 15 heavy (non-hydrogen) atoms. The first-order valence-electron chi connectivity index (χ1n) is 5.92. The smallest absolute Gasteiger partial charge is 0.106 e. The predicted octanol–water partition coefficient (Wildman–Crippen LogP) is 2.48. The van der Waals surface area contributed by atoms with Gasteiger partial charge in [-0.15, -0.1) is 0 Å². The number of unbranched alkanes of at least 4 members (excludes halogenated alkanes) is 1. The van der Waals surface area contributed by atoms with Crippen LogP contribution in [0.15, 0.2) is 0 Å². The van der Waals surface area contributed by atoms with Crippen LogP contribution in [-0.4, -0.2) is 25.8 Å². The van der Waals surface area contributed by atoms with Crippen LogP contribution in [-0.2, 0) is 4.74 Å². The molecule has 0 aliphatic carbocycles. The monoisotopic (exact) mass is 212 g/mol. The first-order valence-corrected chi connectivity index (χ1v) is 5.92. The molecule has 0 aromatic heterocycles. The molecule has 0 saturated carbocycles. The third-order valence-corrected chi connectivity index (χ3v) is 2.83. The molecule has 1 N–H and O–H groups in total. The van der Waals surface area contributed by atoms with Gasteiger partial charge in [-0.1, -0.05) is 20.3 Å². The topological polar surface area (TPSA) is 45.0 Å². The molecule has 0 aliphatic heterocycles. The van der Waals surface area contributed by atoms with Crippen LogP contribution in [0, 0.1) is 11.3 Å². The highest BCUT2D eigenvalue weighted by molar-refractivity contribution is 5.05. The van der Waals surface area contributed by atoms with E-state index in [1.807, 2.05) is 14.0 Å². The molecule has 0 aromatic rings. The number of nitrogens with one attached hydrogen (secondary N) is 1. The molecule has 0 aromatic carbocycles. The Hall–Kier alpha value is -0.590. The van der Waals surface area contributed by atoms with Crippen molar-refractivity contribution in [1.29, 1.82) is 5.26 Å². The van der Waals surface area contributed by atoms with Crippen molar-refractivity contribution in [2.75, 3.05) is 20.3 Å². The Bertz CT molecular complexity index is 183. The van der Waals surface area contributed by atoms with E-state index in [1.165, 1.54) is 6.42 Å². The highest BCUT2D eigenvalue weighted by Gasteiger charge is 2.24. The summed E-state index contributed by atoms with van der Waals surface area (Å²) >= 11 is 0. The molecule has 0 amide bonds. The van der Waals surface area contributed by atoms with E-state index in [1.54, 1.807) is 0 Å². The summed E-state index contributed by atoms with van der Waals surface area (Å²) in [7, 11) is 1.85. The summed E-state index contributed by atoms with van der Waals surface area (Å²) in [6.45, 7) is 5.81. The lowest BCUT2D eigenvalue weighted by Crippen LogP contribution is -2.40. The zero-order valence-corrected chi connectivity index (χ0v) is 10.3. The molecule has 3 nitrogen and oxygen atoms in total. The first-order chi connectivity index (χ1) is 7.24. The van der Waals surface area contributed by atoms with Gasteiger partial charge in [0.25, 0.3) is 0 Å². The summed E-state index contributed by atoms with van der Waals surface area (Å²) in [4.78, 5) is 0. The summed E-state index contributed by atoms with van der Waals surface area (Å²) in [5, 5.41) is 12.2. The second-order valence-electron chi connectivity index (χ2n) is 3.87. The Balaban J connectivity index is 3.60. The largest absolute Gasteiger partial charge is 0.381 e. The fourth-order valence-electron chi connectivity index (χ4n) is 1.49. The standard InChI is InChI=1S/C12H24N2O/c1-4-6-9-15-10-7-8-12(5-2,11-13)14-3/h14H,4-10H2,1-3H3. The van der Waals surface area contributed by atoms with Crippen LogP contribution in [0.25, 0.3) is 0 Å². The van der Waals surface area contributed by atoms with Crippen molar-refractivity contribution >= 4 is 0 Å². The summed E-state index contributed by atoms with van der Waals surface area (Å²) < 4.78 is 5.47. The molecule has 1 atom stereocenters. The normalized spacial score (nSPS) is 14.5. The molecule has 1 unspecified atom stereocenters. The van der Waals surface area contributed by atoms with Gasteiger partial charge in [-0.2, -0.15) is 5.26 Å². The van der Waals surface area contributed by atoms with Gasteiger partial charge >= 0.3 is 0 Å². The van der Waals surface area contributed by atoms with Crippen molar-refractivity contribution in [2.24, 2.45) is 0 Å². The lowest BCUT2D eigenvalue weighted by atomic mass is 9.92. The van der Waals surface area contributed by atoms with E-state index < -0.39 is 0 Å². The molecule has 0 radical (unpaired) electrons. The van der Waals surface area contributed by atoms with Crippen LogP contribution < -0.4 is 5.32 Å². The van der Waals surface area contributed by atoms with Crippen LogP contribution in [0.1, 0.15) is 46.0 Å². The number of hydrogen-bond donors (Lipinski definition) is 1. The zero-order chi connectivity index (χ0) is 11.6. The molecule has 0 saturated heterocycles. The van der Waals surface area contributed by atoms with Gasteiger partial charge in [0.2, 0.25) is 0 Å². The van der Waals surface area contributed by atoms with Gasteiger partial charge < -0.3 is 10.1 Å². The average Bonchev–Trinajstić information content (AvgIpc) is 2.29. The average molecular weight is 212 g/mol. The predicted molar refractivity (Wildman–Crippen MR) is 62.7 cm³/mol. The Morgan fingerprint density at radius 1 is 1.27 bits per heavy atom. The highest BCUT2D eigenvalue weighted by atomic mass is 16.5. The lowest BCUT2D eigenvalue weighted by Gasteiger charge is -2.24. The van der Waals surface area contributed by atoms with E-state index in [-0.39, 0.29) is 5.54 Å². The summed E-state index contributed by atoms with van der Waals surface area (Å²) in [6, 6.07) is 2.35. The van der Waals surface area contributed by atoms with Crippen molar-refractivity contribution in [2.45, 2.75) is 51.5 Å². The van der Waals surface area contributed by atoms with E-state index in [0.29, 0.717) is 0 Å². The first kappa shape index (κ1) is 14.4. The van der Waals surface area contributed by atoms with Gasteiger partial charge in [-0.3, -0.25) is 0 Å². The van der Waals surface area contributed by atoms with Crippen molar-refractivity contribution in [3.05, 3.63) is 0 Å². The highest BCUT2D eigenvalue weighted by Crippen LogP contribution is 2.15. The van der Waals surface area contributed by atoms with Gasteiger partial charge in [0.15, 0.2) is 0 Å². The van der Waals surface area contributed by atoms with Gasteiger partial charge in [-0.05, 0) is 32.7 Å². The molecular formula is C12H24N2O. The number of nitriles is 1. The molecule has 3 heteroatoms. The minimum absolute atomic E-state index is 0.353. The zero-order valence-electron chi connectivity index (χ0n) is 10.3. The van der Waals surface area contributed by atoms with Crippen LogP contribution in [0.4, 0.5) is 0 Å². The third-order valence-electron chi connectivity index (χ3n) is 2.83. The maximum atomic E-state index is 9.06. The van der Waals surface area contributed by atoms with Crippen molar-refractivity contribution < 1.29 is 4.74 Å². The van der Waals surface area contributed by atoms with Crippen molar-refractivity contribution in [1.82, 2.24) is 5.32 Å². The van der Waals surface area contributed by atoms with E-state index in [0.717, 1.165) is 38.9 Å². The van der Waals surface area contributed by atoms with Gasteiger partial charge in [0, 0.05) is 13.2 Å². The maximum Gasteiger partial charge on any atom is 0.106 e. The van der Waals surface area contributed by atoms with Crippen molar-refractivity contribution in [3.63, 3.8) is 0 Å². The minimum Gasteiger partial charge on any atom is -0.381 e. The molecular weight excluding hydrogens is 188 g/mol. The van der Waals surface area contributed by atoms with E-state index in [2.05, 4.69) is 18.3 Å². The quantitative estimate of drug-likeness (QED) is 0.597. The van der Waals surface area contributed by atoms with E-state index in [9.17, 15) is 0 Å². The molecule has 0 heterocycles. The molecule has 0 spiro atoms. The Morgan fingerprint density at radius 3 is 2.40 bits per heavy atom. The molecule has 0 rings (SSSR count). The van der Waals surface area contributed by atoms with Crippen molar-refractivity contribution in [3.8, 4) is 6.07 Å². The van der Waals surface area contributed by atoms with Crippen LogP contribution in [0.2, 0.25) is 0 Å². The summed E-state index contributed by atoms with van der Waals surface area (Å²) in [5.41, 5.74) is -0.353. The second-order valence-corrected chi connectivity index (χ2v) is 3.87. The van der Waals surface area contributed by atoms with Crippen LogP contribution >= 0.6 is 0 Å². The van der Waals surface area contributed by atoms with Crippen LogP contribution in [0.3, 0.4) is 0 Å². The molecule has 88 valence electrons. The Labute approximate surface area is 93.8 Å². The second kappa shape index (κ2) is 8.70. The van der Waals surface area contributed by atoms with E-state index in [4.69, 9.17) is 10.00 Å². The fourth-order valence-corrected chi connectivity index (χ4v) is 1.49.